The Hall–Kier alpha value is -1.69. The molecule has 2 rings (SSSR count). The summed E-state index contributed by atoms with van der Waals surface area (Å²) in [7, 11) is -0.293. The number of hydrogen-bond donors (Lipinski definition) is 1. The van der Waals surface area contributed by atoms with E-state index < -0.39 is 10.0 Å². The molecule has 0 radical (unpaired) electrons. The normalized spacial score (nSPS) is 13.2. The molecule has 0 fully saturated rings. The fraction of sp³-hybridized carbons (Fsp3) is 0.368. The Bertz CT molecular complexity index is 797. The van der Waals surface area contributed by atoms with Crippen LogP contribution in [0.5, 0.6) is 0 Å². The predicted molar refractivity (Wildman–Crippen MR) is 98.5 cm³/mol. The first kappa shape index (κ1) is 18.6. The standard InChI is InChI=1S/C19H26N2O2S/c1-14-6-7-18(15(2)12-14)13-20-16(3)17-8-10-19(11-9-17)24(22,23)21(4)5/h6-12,16,20H,13H2,1-5H3. The molecule has 0 heterocycles. The lowest BCUT2D eigenvalue weighted by molar-refractivity contribution is 0.520. The van der Waals surface area contributed by atoms with Gasteiger partial charge in [-0.05, 0) is 49.6 Å². The summed E-state index contributed by atoms with van der Waals surface area (Å²) < 4.78 is 25.4. The van der Waals surface area contributed by atoms with Crippen molar-refractivity contribution in [2.24, 2.45) is 0 Å². The maximum atomic E-state index is 12.1. The summed E-state index contributed by atoms with van der Waals surface area (Å²) in [4.78, 5) is 0.317. The average molecular weight is 346 g/mol. The van der Waals surface area contributed by atoms with Gasteiger partial charge in [0.1, 0.15) is 0 Å². The van der Waals surface area contributed by atoms with Gasteiger partial charge in [-0.1, -0.05) is 35.9 Å². The molecule has 5 heteroatoms. The molecule has 1 atom stereocenters. The maximum Gasteiger partial charge on any atom is 0.242 e. The smallest absolute Gasteiger partial charge is 0.242 e. The van der Waals surface area contributed by atoms with Gasteiger partial charge in [0, 0.05) is 26.7 Å². The molecule has 0 bridgehead atoms. The van der Waals surface area contributed by atoms with Gasteiger partial charge in [-0.2, -0.15) is 0 Å². The molecular formula is C19H26N2O2S. The van der Waals surface area contributed by atoms with E-state index in [1.165, 1.54) is 35.1 Å². The second-order valence-corrected chi connectivity index (χ2v) is 8.54. The molecule has 2 aromatic carbocycles. The lowest BCUT2D eigenvalue weighted by Crippen LogP contribution is -2.22. The van der Waals surface area contributed by atoms with Gasteiger partial charge >= 0.3 is 0 Å². The van der Waals surface area contributed by atoms with Crippen LogP contribution in [0.25, 0.3) is 0 Å². The lowest BCUT2D eigenvalue weighted by Gasteiger charge is -2.17. The highest BCUT2D eigenvalue weighted by atomic mass is 32.2. The van der Waals surface area contributed by atoms with Crippen molar-refractivity contribution in [2.75, 3.05) is 14.1 Å². The summed E-state index contributed by atoms with van der Waals surface area (Å²) in [6, 6.07) is 13.7. The molecule has 0 amide bonds. The third kappa shape index (κ3) is 4.23. The van der Waals surface area contributed by atoms with Crippen LogP contribution < -0.4 is 5.32 Å². The van der Waals surface area contributed by atoms with Gasteiger partial charge < -0.3 is 5.32 Å². The Kier molecular flexibility index (Phi) is 5.80. The zero-order valence-electron chi connectivity index (χ0n) is 15.0. The van der Waals surface area contributed by atoms with E-state index in [1.54, 1.807) is 12.1 Å². The predicted octanol–water partition coefficient (Wildman–Crippen LogP) is 3.40. The molecule has 130 valence electrons. The number of aryl methyl sites for hydroxylation is 2. The van der Waals surface area contributed by atoms with Crippen LogP contribution >= 0.6 is 0 Å². The van der Waals surface area contributed by atoms with Crippen molar-refractivity contribution in [1.29, 1.82) is 0 Å². The monoisotopic (exact) mass is 346 g/mol. The summed E-state index contributed by atoms with van der Waals surface area (Å²) >= 11 is 0. The van der Waals surface area contributed by atoms with Crippen molar-refractivity contribution in [1.82, 2.24) is 9.62 Å². The molecule has 2 aromatic rings. The van der Waals surface area contributed by atoms with Crippen molar-refractivity contribution in [2.45, 2.75) is 38.3 Å². The fourth-order valence-corrected chi connectivity index (χ4v) is 3.47. The molecule has 4 nitrogen and oxygen atoms in total. The number of rotatable bonds is 6. The SMILES string of the molecule is Cc1ccc(CNC(C)c2ccc(S(=O)(=O)N(C)C)cc2)c(C)c1. The number of hydrogen-bond acceptors (Lipinski definition) is 3. The van der Waals surface area contributed by atoms with Gasteiger partial charge in [0.2, 0.25) is 10.0 Å². The first-order chi connectivity index (χ1) is 11.2. The minimum atomic E-state index is -3.37. The minimum absolute atomic E-state index is 0.141. The first-order valence-corrected chi connectivity index (χ1v) is 9.48. The summed E-state index contributed by atoms with van der Waals surface area (Å²) in [6.07, 6.45) is 0. The molecule has 0 saturated heterocycles. The van der Waals surface area contributed by atoms with Gasteiger partial charge in [0.05, 0.1) is 4.90 Å². The molecule has 1 N–H and O–H groups in total. The highest BCUT2D eigenvalue weighted by Crippen LogP contribution is 2.19. The van der Waals surface area contributed by atoms with Gasteiger partial charge in [-0.15, -0.1) is 0 Å². The van der Waals surface area contributed by atoms with Crippen LogP contribution in [0, 0.1) is 13.8 Å². The van der Waals surface area contributed by atoms with Gasteiger partial charge in [-0.3, -0.25) is 0 Å². The summed E-state index contributed by atoms with van der Waals surface area (Å²) in [5.74, 6) is 0. The van der Waals surface area contributed by atoms with Crippen LogP contribution in [0.4, 0.5) is 0 Å². The molecule has 0 aromatic heterocycles. The van der Waals surface area contributed by atoms with Crippen molar-refractivity contribution >= 4 is 10.0 Å². The quantitative estimate of drug-likeness (QED) is 0.872. The second-order valence-electron chi connectivity index (χ2n) is 6.39. The van der Waals surface area contributed by atoms with Crippen LogP contribution in [0.15, 0.2) is 47.4 Å². The molecule has 1 unspecified atom stereocenters. The number of nitrogens with zero attached hydrogens (tertiary/aromatic N) is 1. The van der Waals surface area contributed by atoms with E-state index >= 15 is 0 Å². The van der Waals surface area contributed by atoms with Crippen LogP contribution in [-0.4, -0.2) is 26.8 Å². The molecular weight excluding hydrogens is 320 g/mol. The topological polar surface area (TPSA) is 49.4 Å². The minimum Gasteiger partial charge on any atom is -0.306 e. The molecule has 0 aliphatic heterocycles. The second kappa shape index (κ2) is 7.47. The zero-order chi connectivity index (χ0) is 17.9. The van der Waals surface area contributed by atoms with E-state index in [9.17, 15) is 8.42 Å². The summed E-state index contributed by atoms with van der Waals surface area (Å²) in [5.41, 5.74) is 4.89. The highest BCUT2D eigenvalue weighted by molar-refractivity contribution is 7.89. The van der Waals surface area contributed by atoms with Crippen molar-refractivity contribution in [3.63, 3.8) is 0 Å². The Labute approximate surface area is 145 Å². The Balaban J connectivity index is 2.06. The highest BCUT2D eigenvalue weighted by Gasteiger charge is 2.17. The van der Waals surface area contributed by atoms with Crippen LogP contribution in [0.1, 0.15) is 35.2 Å². The third-order valence-electron chi connectivity index (χ3n) is 4.26. The van der Waals surface area contributed by atoms with E-state index in [4.69, 9.17) is 0 Å². The number of sulfonamides is 1. The Morgan fingerprint density at radius 2 is 1.67 bits per heavy atom. The van der Waals surface area contributed by atoms with Gasteiger partial charge in [0.15, 0.2) is 0 Å². The lowest BCUT2D eigenvalue weighted by atomic mass is 10.0. The summed E-state index contributed by atoms with van der Waals surface area (Å²) in [6.45, 7) is 7.08. The maximum absolute atomic E-state index is 12.1. The van der Waals surface area contributed by atoms with Gasteiger partial charge in [-0.25, -0.2) is 12.7 Å². The van der Waals surface area contributed by atoms with Crippen molar-refractivity contribution in [3.05, 3.63) is 64.7 Å². The Morgan fingerprint density at radius 1 is 1.04 bits per heavy atom. The van der Waals surface area contributed by atoms with Crippen LogP contribution in [-0.2, 0) is 16.6 Å². The Morgan fingerprint density at radius 3 is 2.21 bits per heavy atom. The van der Waals surface area contributed by atoms with E-state index in [-0.39, 0.29) is 6.04 Å². The number of benzene rings is 2. The zero-order valence-corrected chi connectivity index (χ0v) is 15.8. The molecule has 0 aliphatic carbocycles. The van der Waals surface area contributed by atoms with E-state index in [2.05, 4.69) is 44.3 Å². The fourth-order valence-electron chi connectivity index (χ4n) is 2.56. The summed E-state index contributed by atoms with van der Waals surface area (Å²) in [5, 5.41) is 3.50. The van der Waals surface area contributed by atoms with Crippen LogP contribution in [0.2, 0.25) is 0 Å². The third-order valence-corrected chi connectivity index (χ3v) is 6.08. The van der Waals surface area contributed by atoms with Crippen LogP contribution in [0.3, 0.4) is 0 Å². The average Bonchev–Trinajstić information content (AvgIpc) is 2.53. The first-order valence-electron chi connectivity index (χ1n) is 8.04. The largest absolute Gasteiger partial charge is 0.306 e. The van der Waals surface area contributed by atoms with E-state index in [0.29, 0.717) is 4.90 Å². The van der Waals surface area contributed by atoms with Gasteiger partial charge in [0.25, 0.3) is 0 Å². The number of nitrogens with one attached hydrogen (secondary N) is 1. The molecule has 24 heavy (non-hydrogen) atoms. The molecule has 0 aliphatic rings. The van der Waals surface area contributed by atoms with E-state index in [1.807, 2.05) is 12.1 Å². The molecule has 0 saturated carbocycles. The van der Waals surface area contributed by atoms with Crippen molar-refractivity contribution in [3.8, 4) is 0 Å². The van der Waals surface area contributed by atoms with Crippen molar-refractivity contribution < 1.29 is 8.42 Å². The van der Waals surface area contributed by atoms with E-state index in [0.717, 1.165) is 12.1 Å². The molecule has 0 spiro atoms.